The summed E-state index contributed by atoms with van der Waals surface area (Å²) in [5.74, 6) is 2.63. The van der Waals surface area contributed by atoms with Gasteiger partial charge in [0.2, 0.25) is 12.7 Å². The number of fused-ring (bicyclic) bond motifs is 1. The largest absolute Gasteiger partial charge is 0.493 e. The van der Waals surface area contributed by atoms with E-state index in [-0.39, 0.29) is 6.79 Å². The fourth-order valence-electron chi connectivity index (χ4n) is 2.63. The van der Waals surface area contributed by atoms with Crippen molar-refractivity contribution in [2.75, 3.05) is 19.2 Å². The van der Waals surface area contributed by atoms with Crippen molar-refractivity contribution in [1.82, 2.24) is 19.7 Å². The van der Waals surface area contributed by atoms with Crippen molar-refractivity contribution in [3.8, 4) is 28.6 Å². The first-order chi connectivity index (χ1) is 12.2. The van der Waals surface area contributed by atoms with Gasteiger partial charge in [-0.25, -0.2) is 9.97 Å². The van der Waals surface area contributed by atoms with Crippen LogP contribution < -0.4 is 19.5 Å². The summed E-state index contributed by atoms with van der Waals surface area (Å²) in [5, 5.41) is 7.40. The molecule has 0 aliphatic carbocycles. The number of anilines is 1. The van der Waals surface area contributed by atoms with Gasteiger partial charge in [0.25, 0.3) is 0 Å². The zero-order valence-electron chi connectivity index (χ0n) is 13.9. The summed E-state index contributed by atoms with van der Waals surface area (Å²) >= 11 is 0. The summed E-state index contributed by atoms with van der Waals surface area (Å²) in [7, 11) is 3.45. The highest BCUT2D eigenvalue weighted by molar-refractivity contribution is 5.63. The smallest absolute Gasteiger partial charge is 0.231 e. The molecule has 3 heterocycles. The number of hydrogen-bond donors (Lipinski definition) is 1. The summed E-state index contributed by atoms with van der Waals surface area (Å²) in [5.41, 5.74) is 2.59. The molecule has 1 aliphatic heterocycles. The van der Waals surface area contributed by atoms with Gasteiger partial charge < -0.3 is 19.5 Å². The number of aryl methyl sites for hydroxylation is 1. The number of rotatable bonds is 5. The van der Waals surface area contributed by atoms with Crippen molar-refractivity contribution in [2.24, 2.45) is 7.05 Å². The van der Waals surface area contributed by atoms with Gasteiger partial charge in [0.1, 0.15) is 5.69 Å². The molecule has 0 atom stereocenters. The summed E-state index contributed by atoms with van der Waals surface area (Å²) in [6.07, 6.45) is 3.37. The maximum absolute atomic E-state index is 5.40. The molecule has 8 heteroatoms. The van der Waals surface area contributed by atoms with Gasteiger partial charge in [-0.15, -0.1) is 0 Å². The van der Waals surface area contributed by atoms with Crippen LogP contribution in [0.3, 0.4) is 0 Å². The topological polar surface area (TPSA) is 83.3 Å². The van der Waals surface area contributed by atoms with Gasteiger partial charge in [-0.2, -0.15) is 5.10 Å². The number of nitrogens with zero attached hydrogens (tertiary/aromatic N) is 4. The standard InChI is InChI=1S/C17H17N5O3/c1-22-12(5-6-20-22)16-15(23-2)9-19-17(21-16)18-8-11-3-4-13-14(7-11)25-10-24-13/h3-7,9H,8,10H2,1-2H3,(H,18,19,21). The second kappa shape index (κ2) is 6.31. The van der Waals surface area contributed by atoms with Gasteiger partial charge >= 0.3 is 0 Å². The molecule has 2 aromatic heterocycles. The SMILES string of the molecule is COc1cnc(NCc2ccc3c(c2)OCO3)nc1-c1ccnn1C. The van der Waals surface area contributed by atoms with Crippen LogP contribution in [0.5, 0.6) is 17.2 Å². The molecule has 0 bridgehead atoms. The molecule has 0 radical (unpaired) electrons. The van der Waals surface area contributed by atoms with Gasteiger partial charge in [0.05, 0.1) is 19.0 Å². The lowest BCUT2D eigenvalue weighted by Crippen LogP contribution is -2.06. The van der Waals surface area contributed by atoms with E-state index in [9.17, 15) is 0 Å². The van der Waals surface area contributed by atoms with E-state index in [0.29, 0.717) is 23.9 Å². The minimum Gasteiger partial charge on any atom is -0.493 e. The molecule has 1 aromatic carbocycles. The van der Waals surface area contributed by atoms with E-state index in [0.717, 1.165) is 22.8 Å². The number of aromatic nitrogens is 4. The Balaban J connectivity index is 1.56. The molecular weight excluding hydrogens is 322 g/mol. The summed E-state index contributed by atoms with van der Waals surface area (Å²) in [6.45, 7) is 0.829. The minimum absolute atomic E-state index is 0.266. The van der Waals surface area contributed by atoms with Crippen LogP contribution in [0.2, 0.25) is 0 Å². The van der Waals surface area contributed by atoms with Crippen LogP contribution in [0.1, 0.15) is 5.56 Å². The molecule has 8 nitrogen and oxygen atoms in total. The summed E-state index contributed by atoms with van der Waals surface area (Å²) in [4.78, 5) is 8.87. The molecule has 0 spiro atoms. The van der Waals surface area contributed by atoms with E-state index in [2.05, 4.69) is 20.4 Å². The fourth-order valence-corrected chi connectivity index (χ4v) is 2.63. The molecule has 128 valence electrons. The second-order valence-corrected chi connectivity index (χ2v) is 5.49. The predicted molar refractivity (Wildman–Crippen MR) is 90.7 cm³/mol. The molecule has 0 amide bonds. The molecule has 0 unspecified atom stereocenters. The first-order valence-corrected chi connectivity index (χ1v) is 7.76. The van der Waals surface area contributed by atoms with Crippen LogP contribution in [0, 0.1) is 0 Å². The Morgan fingerprint density at radius 3 is 2.92 bits per heavy atom. The van der Waals surface area contributed by atoms with Crippen molar-refractivity contribution in [3.63, 3.8) is 0 Å². The van der Waals surface area contributed by atoms with E-state index in [1.165, 1.54) is 0 Å². The third-order valence-corrected chi connectivity index (χ3v) is 3.93. The van der Waals surface area contributed by atoms with Gasteiger partial charge in [0, 0.05) is 19.8 Å². The molecule has 0 fully saturated rings. The Kier molecular flexibility index (Phi) is 3.85. The molecule has 4 rings (SSSR count). The van der Waals surface area contributed by atoms with E-state index < -0.39 is 0 Å². The summed E-state index contributed by atoms with van der Waals surface area (Å²) < 4.78 is 17.8. The average Bonchev–Trinajstić information content (AvgIpc) is 3.27. The van der Waals surface area contributed by atoms with Crippen LogP contribution in [-0.4, -0.2) is 33.7 Å². The van der Waals surface area contributed by atoms with Crippen molar-refractivity contribution in [2.45, 2.75) is 6.54 Å². The Morgan fingerprint density at radius 2 is 2.12 bits per heavy atom. The van der Waals surface area contributed by atoms with Crippen molar-refractivity contribution >= 4 is 5.95 Å². The zero-order valence-corrected chi connectivity index (χ0v) is 13.9. The minimum atomic E-state index is 0.266. The third-order valence-electron chi connectivity index (χ3n) is 3.93. The first kappa shape index (κ1) is 15.3. The van der Waals surface area contributed by atoms with Crippen molar-refractivity contribution < 1.29 is 14.2 Å². The molecule has 25 heavy (non-hydrogen) atoms. The summed E-state index contributed by atoms with van der Waals surface area (Å²) in [6, 6.07) is 7.70. The molecule has 0 saturated carbocycles. The van der Waals surface area contributed by atoms with Gasteiger partial charge in [-0.3, -0.25) is 4.68 Å². The number of hydrogen-bond acceptors (Lipinski definition) is 7. The average molecular weight is 339 g/mol. The van der Waals surface area contributed by atoms with Gasteiger partial charge in [-0.1, -0.05) is 6.07 Å². The van der Waals surface area contributed by atoms with E-state index >= 15 is 0 Å². The van der Waals surface area contributed by atoms with Crippen LogP contribution in [0.25, 0.3) is 11.4 Å². The second-order valence-electron chi connectivity index (χ2n) is 5.49. The van der Waals surface area contributed by atoms with Gasteiger partial charge in [-0.05, 0) is 23.8 Å². The maximum Gasteiger partial charge on any atom is 0.231 e. The normalized spacial score (nSPS) is 12.2. The number of nitrogens with one attached hydrogen (secondary N) is 1. The molecule has 3 aromatic rings. The lowest BCUT2D eigenvalue weighted by Gasteiger charge is -2.11. The van der Waals surface area contributed by atoms with Crippen LogP contribution in [0.4, 0.5) is 5.95 Å². The number of ether oxygens (including phenoxy) is 3. The highest BCUT2D eigenvalue weighted by atomic mass is 16.7. The van der Waals surface area contributed by atoms with Crippen molar-refractivity contribution in [3.05, 3.63) is 42.2 Å². The Morgan fingerprint density at radius 1 is 1.24 bits per heavy atom. The Hall–Kier alpha value is -3.29. The monoisotopic (exact) mass is 339 g/mol. The van der Waals surface area contributed by atoms with Crippen LogP contribution in [-0.2, 0) is 13.6 Å². The Labute approximate surface area is 144 Å². The predicted octanol–water partition coefficient (Wildman–Crippen LogP) is 2.23. The molecule has 1 N–H and O–H groups in total. The van der Waals surface area contributed by atoms with Crippen LogP contribution in [0.15, 0.2) is 36.7 Å². The highest BCUT2D eigenvalue weighted by Gasteiger charge is 2.15. The van der Waals surface area contributed by atoms with Gasteiger partial charge in [0.15, 0.2) is 17.2 Å². The van der Waals surface area contributed by atoms with E-state index in [1.54, 1.807) is 24.2 Å². The molecule has 0 saturated heterocycles. The number of methoxy groups -OCH3 is 1. The van der Waals surface area contributed by atoms with E-state index in [1.807, 2.05) is 31.3 Å². The van der Waals surface area contributed by atoms with Crippen molar-refractivity contribution in [1.29, 1.82) is 0 Å². The molecular formula is C17H17N5O3. The fraction of sp³-hybridized carbons (Fsp3) is 0.235. The first-order valence-electron chi connectivity index (χ1n) is 7.76. The zero-order chi connectivity index (χ0) is 17.2. The Bertz CT molecular complexity index is 909. The highest BCUT2D eigenvalue weighted by Crippen LogP contribution is 2.33. The lowest BCUT2D eigenvalue weighted by atomic mass is 10.2. The maximum atomic E-state index is 5.40. The molecule has 1 aliphatic rings. The van der Waals surface area contributed by atoms with Crippen LogP contribution >= 0.6 is 0 Å². The lowest BCUT2D eigenvalue weighted by molar-refractivity contribution is 0.174. The van der Waals surface area contributed by atoms with E-state index in [4.69, 9.17) is 14.2 Å². The quantitative estimate of drug-likeness (QED) is 0.763. The number of benzene rings is 1. The third kappa shape index (κ3) is 2.93.